The van der Waals surface area contributed by atoms with Crippen molar-refractivity contribution in [3.63, 3.8) is 0 Å². The predicted octanol–water partition coefficient (Wildman–Crippen LogP) is 9.56. The number of fused-ring (bicyclic) bond motifs is 3. The van der Waals surface area contributed by atoms with Gasteiger partial charge >= 0.3 is 211 Å². The first-order valence-electron chi connectivity index (χ1n) is 11.9. The summed E-state index contributed by atoms with van der Waals surface area (Å²) in [6, 6.07) is 25.6. The molecule has 0 amide bonds. The van der Waals surface area contributed by atoms with Gasteiger partial charge in [-0.1, -0.05) is 0 Å². The maximum atomic E-state index is 7.89. The quantitative estimate of drug-likeness (QED) is 0.241. The fraction of sp³-hybridized carbons (Fsp3) is 0.167. The fourth-order valence-corrected chi connectivity index (χ4v) is 22.9. The van der Waals surface area contributed by atoms with Gasteiger partial charge in [0.2, 0.25) is 0 Å². The van der Waals surface area contributed by atoms with E-state index in [2.05, 4.69) is 98.8 Å². The van der Waals surface area contributed by atoms with E-state index in [1.807, 2.05) is 12.3 Å². The summed E-state index contributed by atoms with van der Waals surface area (Å²) in [5, 5.41) is 1.15. The van der Waals surface area contributed by atoms with E-state index in [4.69, 9.17) is 22.0 Å². The normalized spacial score (nSPS) is 20.0. The number of aromatic nitrogens is 1. The molecule has 2 unspecified atom stereocenters. The van der Waals surface area contributed by atoms with Crippen LogP contribution in [0.3, 0.4) is 0 Å². The number of rotatable bonds is 4. The fourth-order valence-electron chi connectivity index (χ4n) is 6.17. The molecule has 0 bridgehead atoms. The molecule has 2 atom stereocenters. The minimum absolute atomic E-state index is 0.0824. The Morgan fingerprint density at radius 3 is 2.53 bits per heavy atom. The third-order valence-electron chi connectivity index (χ3n) is 7.88. The Morgan fingerprint density at radius 1 is 0.912 bits per heavy atom. The molecule has 34 heavy (non-hydrogen) atoms. The van der Waals surface area contributed by atoms with Crippen LogP contribution in [0.15, 0.2) is 90.6 Å². The van der Waals surface area contributed by atoms with Gasteiger partial charge in [-0.3, -0.25) is 0 Å². The van der Waals surface area contributed by atoms with Crippen molar-refractivity contribution in [3.8, 4) is 11.1 Å². The van der Waals surface area contributed by atoms with Crippen LogP contribution in [0.25, 0.3) is 34.2 Å². The zero-order valence-corrected chi connectivity index (χ0v) is 23.3. The van der Waals surface area contributed by atoms with Gasteiger partial charge in [0.15, 0.2) is 0 Å². The minimum atomic E-state index is -4.47. The number of halogens is 2. The van der Waals surface area contributed by atoms with E-state index in [0.717, 1.165) is 20.6 Å². The van der Waals surface area contributed by atoms with E-state index in [9.17, 15) is 0 Å². The molecule has 4 heteroatoms. The van der Waals surface area contributed by atoms with Crippen molar-refractivity contribution >= 4 is 40.1 Å². The second kappa shape index (κ2) is 8.02. The molecular formula is C30H26Cl2NZr. The summed E-state index contributed by atoms with van der Waals surface area (Å²) in [6.07, 6.45) is 8.79. The third kappa shape index (κ3) is 3.26. The molecule has 0 saturated carbocycles. The van der Waals surface area contributed by atoms with Crippen molar-refractivity contribution in [2.75, 3.05) is 0 Å². The van der Waals surface area contributed by atoms with Gasteiger partial charge in [0.25, 0.3) is 0 Å². The van der Waals surface area contributed by atoms with Crippen molar-refractivity contribution < 1.29 is 16.4 Å². The molecule has 0 fully saturated rings. The van der Waals surface area contributed by atoms with Crippen LogP contribution in [-0.2, 0) is 16.4 Å². The number of nitrogens with zero attached hydrogens (tertiary/aromatic N) is 1. The first-order chi connectivity index (χ1) is 16.4. The average Bonchev–Trinajstić information content (AvgIpc) is 3.45. The van der Waals surface area contributed by atoms with Crippen LogP contribution in [0.5, 0.6) is 0 Å². The molecule has 0 N–H and O–H groups in total. The van der Waals surface area contributed by atoms with Crippen LogP contribution in [-0.4, -0.2) is 4.98 Å². The molecule has 6 rings (SSSR count). The summed E-state index contributed by atoms with van der Waals surface area (Å²) in [5.74, 6) is 0. The van der Waals surface area contributed by atoms with E-state index in [0.29, 0.717) is 0 Å². The Bertz CT molecular complexity index is 1520. The molecular weight excluding hydrogens is 536 g/mol. The number of hydrogen-bond donors (Lipinski definition) is 0. The average molecular weight is 563 g/mol. The van der Waals surface area contributed by atoms with Crippen LogP contribution in [0.1, 0.15) is 43.4 Å². The monoisotopic (exact) mass is 560 g/mol. The van der Waals surface area contributed by atoms with Gasteiger partial charge in [0.05, 0.1) is 0 Å². The van der Waals surface area contributed by atoms with Gasteiger partial charge in [0, 0.05) is 0 Å². The molecule has 4 aromatic rings. The second-order valence-electron chi connectivity index (χ2n) is 9.72. The summed E-state index contributed by atoms with van der Waals surface area (Å²) in [4.78, 5) is 4.72. The van der Waals surface area contributed by atoms with Crippen LogP contribution in [0, 0.1) is 0 Å². The van der Waals surface area contributed by atoms with E-state index < -0.39 is 16.4 Å². The van der Waals surface area contributed by atoms with Gasteiger partial charge in [-0.25, -0.2) is 0 Å². The van der Waals surface area contributed by atoms with Gasteiger partial charge < -0.3 is 0 Å². The summed E-state index contributed by atoms with van der Waals surface area (Å²) >= 11 is -4.47. The Hall–Kier alpha value is -1.99. The summed E-state index contributed by atoms with van der Waals surface area (Å²) in [7, 11) is 15.8. The van der Waals surface area contributed by atoms with Gasteiger partial charge in [-0.2, -0.15) is 0 Å². The van der Waals surface area contributed by atoms with Crippen molar-refractivity contribution in [2.45, 2.75) is 25.2 Å². The first-order valence-corrected chi connectivity index (χ1v) is 22.8. The Labute approximate surface area is 209 Å². The number of allylic oxidation sites excluding steroid dienone is 2. The molecule has 169 valence electrons. The van der Waals surface area contributed by atoms with Gasteiger partial charge in [-0.05, 0) is 0 Å². The summed E-state index contributed by atoms with van der Waals surface area (Å²) < 4.78 is 1.01. The summed E-state index contributed by atoms with van der Waals surface area (Å²) in [6.45, 7) is 4.41. The van der Waals surface area contributed by atoms with Crippen LogP contribution in [0.2, 0.25) is 4.13 Å². The molecule has 2 aliphatic rings. The van der Waals surface area contributed by atoms with Crippen molar-refractivity contribution in [3.05, 3.63) is 113 Å². The van der Waals surface area contributed by atoms with E-state index in [1.54, 1.807) is 0 Å². The number of benzene rings is 3. The summed E-state index contributed by atoms with van der Waals surface area (Å²) in [5.41, 5.74) is 9.67. The van der Waals surface area contributed by atoms with Gasteiger partial charge in [-0.15, -0.1) is 0 Å². The van der Waals surface area contributed by atoms with Crippen molar-refractivity contribution in [1.29, 1.82) is 0 Å². The zero-order chi connectivity index (χ0) is 23.5. The first kappa shape index (κ1) is 22.5. The molecule has 0 spiro atoms. The van der Waals surface area contributed by atoms with Crippen molar-refractivity contribution in [2.24, 2.45) is 0 Å². The molecule has 2 aliphatic carbocycles. The van der Waals surface area contributed by atoms with Crippen molar-refractivity contribution in [1.82, 2.24) is 4.98 Å². The third-order valence-corrected chi connectivity index (χ3v) is 28.9. The molecule has 1 aromatic heterocycles. The van der Waals surface area contributed by atoms with Crippen LogP contribution < -0.4 is 0 Å². The van der Waals surface area contributed by atoms with E-state index in [-0.39, 0.29) is 7.25 Å². The standard InChI is InChI=1S/C19H14N.C9H7.C2H5.2ClH.Zr/c1-13-9-14-6-4-7-17(18(14)10-13)16-11-15-5-2-3-8-19(15)20-12-16;1-2-5-9-7-3-6-8(9)4-1;1-2;;;/h2-12H,1H3;1-7H;1H2,2H3;2*1H;/q;;;;;+2/p-2. The molecule has 1 nitrogen and oxygen atoms in total. The Kier molecular flexibility index (Phi) is 5.30. The SMILES string of the molecule is C[CH2][Zr]([Cl])([Cl])([CH]1C=Cc2ccccc21)[CH]1C(C)=Cc2c(-c3cnc4ccccc4c3)cccc21. The molecule has 1 heterocycles. The van der Waals surface area contributed by atoms with Crippen LogP contribution >= 0.6 is 17.0 Å². The second-order valence-corrected chi connectivity index (χ2v) is 32.7. The predicted molar refractivity (Wildman–Crippen MR) is 144 cm³/mol. The number of pyridine rings is 1. The molecule has 0 aliphatic heterocycles. The van der Waals surface area contributed by atoms with E-state index >= 15 is 0 Å². The molecule has 3 aromatic carbocycles. The molecule has 0 radical (unpaired) electrons. The van der Waals surface area contributed by atoms with Gasteiger partial charge in [0.1, 0.15) is 0 Å². The number of para-hydroxylation sites is 1. The maximum absolute atomic E-state index is 7.89. The van der Waals surface area contributed by atoms with Crippen LogP contribution in [0.4, 0.5) is 0 Å². The topological polar surface area (TPSA) is 12.9 Å². The molecule has 0 saturated heterocycles. The van der Waals surface area contributed by atoms with E-state index in [1.165, 1.54) is 33.4 Å². The number of hydrogen-bond acceptors (Lipinski definition) is 1. The zero-order valence-electron chi connectivity index (χ0n) is 19.3. The Morgan fingerprint density at radius 2 is 1.68 bits per heavy atom. The Balaban J connectivity index is 1.51.